The van der Waals surface area contributed by atoms with E-state index in [1.807, 2.05) is 0 Å². The Hall–Kier alpha value is -0.870. The molecule has 1 saturated carbocycles. The fourth-order valence-electron chi connectivity index (χ4n) is 5.46. The van der Waals surface area contributed by atoms with Gasteiger partial charge in [0.15, 0.2) is 11.9 Å². The highest BCUT2D eigenvalue weighted by atomic mass is 79.9. The van der Waals surface area contributed by atoms with E-state index in [-0.39, 0.29) is 11.5 Å². The first-order valence-corrected chi connectivity index (χ1v) is 8.67. The number of hydrogen-bond donors (Lipinski definition) is 1. The molecule has 1 spiro atoms. The predicted molar refractivity (Wildman–Crippen MR) is 82.8 cm³/mol. The van der Waals surface area contributed by atoms with Crippen molar-refractivity contribution in [2.24, 2.45) is 5.92 Å². The molecule has 110 valence electrons. The second kappa shape index (κ2) is 3.90. The molecule has 21 heavy (non-hydrogen) atoms. The minimum atomic E-state index is -0.233. The summed E-state index contributed by atoms with van der Waals surface area (Å²) in [7, 11) is 0. The van der Waals surface area contributed by atoms with Crippen LogP contribution in [0, 0.1) is 12.8 Å². The zero-order valence-electron chi connectivity index (χ0n) is 12.0. The molecular weight excluding hydrogens is 330 g/mol. The molecule has 1 aromatic rings. The van der Waals surface area contributed by atoms with Gasteiger partial charge in [0.1, 0.15) is 5.75 Å². The van der Waals surface area contributed by atoms with E-state index in [4.69, 9.17) is 4.74 Å². The van der Waals surface area contributed by atoms with Crippen LogP contribution in [0.25, 0.3) is 0 Å². The van der Waals surface area contributed by atoms with Crippen LogP contribution in [0.4, 0.5) is 0 Å². The molecule has 2 aliphatic heterocycles. The van der Waals surface area contributed by atoms with Crippen molar-refractivity contribution in [2.75, 3.05) is 6.54 Å². The van der Waals surface area contributed by atoms with Crippen molar-refractivity contribution in [3.8, 4) is 5.75 Å². The van der Waals surface area contributed by atoms with E-state index in [0.717, 1.165) is 37.1 Å². The third kappa shape index (κ3) is 1.32. The highest BCUT2D eigenvalue weighted by Crippen LogP contribution is 2.61. The summed E-state index contributed by atoms with van der Waals surface area (Å²) in [4.78, 5) is 12.6. The van der Waals surface area contributed by atoms with E-state index in [1.54, 1.807) is 0 Å². The highest BCUT2D eigenvalue weighted by Gasteiger charge is 2.64. The monoisotopic (exact) mass is 347 g/mol. The van der Waals surface area contributed by atoms with E-state index >= 15 is 0 Å². The van der Waals surface area contributed by atoms with Crippen molar-refractivity contribution >= 4 is 21.7 Å². The molecule has 2 unspecified atom stereocenters. The molecule has 2 aliphatic carbocycles. The van der Waals surface area contributed by atoms with Crippen LogP contribution >= 0.6 is 15.9 Å². The van der Waals surface area contributed by atoms with Gasteiger partial charge in [-0.1, -0.05) is 15.9 Å². The molecule has 2 fully saturated rings. The molecule has 1 N–H and O–H groups in total. The SMILES string of the molecule is Cc1cc(Br)c2c3c1O[C@@H]1C(=O)CCC4C(C2)NCC[C@]341. The van der Waals surface area contributed by atoms with Crippen LogP contribution in [-0.4, -0.2) is 24.5 Å². The Morgan fingerprint density at radius 1 is 1.48 bits per heavy atom. The van der Waals surface area contributed by atoms with Crippen molar-refractivity contribution in [2.45, 2.75) is 50.2 Å². The number of piperidine rings is 1. The lowest BCUT2D eigenvalue weighted by Gasteiger charge is -2.54. The third-order valence-electron chi connectivity index (χ3n) is 6.20. The number of aryl methyl sites for hydroxylation is 1. The minimum absolute atomic E-state index is 0.0529. The normalized spacial score (nSPS) is 39.0. The summed E-state index contributed by atoms with van der Waals surface area (Å²) in [5, 5.41) is 3.70. The van der Waals surface area contributed by atoms with Crippen LogP contribution in [-0.2, 0) is 16.6 Å². The number of nitrogens with one attached hydrogen (secondary N) is 1. The Morgan fingerprint density at radius 3 is 3.19 bits per heavy atom. The van der Waals surface area contributed by atoms with Crippen LogP contribution in [0.3, 0.4) is 0 Å². The molecule has 4 heteroatoms. The number of Topliss-reactive ketones (excluding diaryl/α,β-unsaturated/α-hetero) is 1. The molecule has 0 radical (unpaired) electrons. The van der Waals surface area contributed by atoms with Gasteiger partial charge in [-0.05, 0) is 55.8 Å². The summed E-state index contributed by atoms with van der Waals surface area (Å²) >= 11 is 3.75. The van der Waals surface area contributed by atoms with Crippen molar-refractivity contribution in [3.63, 3.8) is 0 Å². The zero-order chi connectivity index (χ0) is 14.4. The van der Waals surface area contributed by atoms with Crippen LogP contribution in [0.15, 0.2) is 10.5 Å². The van der Waals surface area contributed by atoms with E-state index in [1.165, 1.54) is 15.6 Å². The van der Waals surface area contributed by atoms with Crippen LogP contribution in [0.5, 0.6) is 5.75 Å². The number of benzene rings is 1. The number of carbonyl (C=O) groups excluding carboxylic acids is 1. The van der Waals surface area contributed by atoms with Gasteiger partial charge in [0.2, 0.25) is 0 Å². The lowest BCUT2D eigenvalue weighted by atomic mass is 9.52. The Balaban J connectivity index is 1.87. The Kier molecular flexibility index (Phi) is 2.35. The van der Waals surface area contributed by atoms with Crippen molar-refractivity contribution in [1.29, 1.82) is 0 Å². The number of halogens is 1. The molecule has 1 aromatic carbocycles. The van der Waals surface area contributed by atoms with Crippen molar-refractivity contribution < 1.29 is 9.53 Å². The van der Waals surface area contributed by atoms with E-state index in [0.29, 0.717) is 24.2 Å². The highest BCUT2D eigenvalue weighted by molar-refractivity contribution is 9.10. The smallest absolute Gasteiger partial charge is 0.174 e. The first-order valence-electron chi connectivity index (χ1n) is 7.88. The maximum atomic E-state index is 12.6. The van der Waals surface area contributed by atoms with Gasteiger partial charge in [-0.25, -0.2) is 0 Å². The quantitative estimate of drug-likeness (QED) is 0.784. The van der Waals surface area contributed by atoms with Crippen LogP contribution in [0.1, 0.15) is 36.0 Å². The zero-order valence-corrected chi connectivity index (χ0v) is 13.6. The van der Waals surface area contributed by atoms with Gasteiger partial charge in [0.25, 0.3) is 0 Å². The molecule has 2 bridgehead atoms. The summed E-state index contributed by atoms with van der Waals surface area (Å²) < 4.78 is 7.47. The largest absolute Gasteiger partial charge is 0.481 e. The second-order valence-corrected chi connectivity index (χ2v) is 7.88. The van der Waals surface area contributed by atoms with Crippen molar-refractivity contribution in [1.82, 2.24) is 5.32 Å². The third-order valence-corrected chi connectivity index (χ3v) is 6.91. The van der Waals surface area contributed by atoms with Gasteiger partial charge in [-0.3, -0.25) is 4.79 Å². The summed E-state index contributed by atoms with van der Waals surface area (Å²) in [5.74, 6) is 1.88. The molecule has 2 heterocycles. The minimum Gasteiger partial charge on any atom is -0.481 e. The first-order chi connectivity index (χ1) is 10.1. The molecule has 3 nitrogen and oxygen atoms in total. The summed E-state index contributed by atoms with van der Waals surface area (Å²) in [6.45, 7) is 3.10. The van der Waals surface area contributed by atoms with Crippen molar-refractivity contribution in [3.05, 3.63) is 27.2 Å². The topological polar surface area (TPSA) is 38.3 Å². The number of hydrogen-bond acceptors (Lipinski definition) is 3. The summed E-state index contributed by atoms with van der Waals surface area (Å²) in [5.41, 5.74) is 3.85. The first kappa shape index (κ1) is 12.7. The summed E-state index contributed by atoms with van der Waals surface area (Å²) in [6.07, 6.45) is 3.54. The summed E-state index contributed by atoms with van der Waals surface area (Å²) in [6, 6.07) is 2.65. The maximum Gasteiger partial charge on any atom is 0.174 e. The van der Waals surface area contributed by atoms with E-state index in [2.05, 4.69) is 34.2 Å². The second-order valence-electron chi connectivity index (χ2n) is 7.02. The maximum absolute atomic E-state index is 12.6. The Morgan fingerprint density at radius 2 is 2.33 bits per heavy atom. The molecule has 4 atom stereocenters. The van der Waals surface area contributed by atoms with Gasteiger partial charge < -0.3 is 10.1 Å². The molecular formula is C17H18BrNO2. The fourth-order valence-corrected chi connectivity index (χ4v) is 6.16. The van der Waals surface area contributed by atoms with Crippen LogP contribution in [0.2, 0.25) is 0 Å². The molecule has 5 rings (SSSR count). The van der Waals surface area contributed by atoms with E-state index < -0.39 is 0 Å². The van der Waals surface area contributed by atoms with Gasteiger partial charge in [0, 0.05) is 27.9 Å². The van der Waals surface area contributed by atoms with Crippen LogP contribution < -0.4 is 10.1 Å². The lowest BCUT2D eigenvalue weighted by molar-refractivity contribution is -0.135. The molecule has 0 aromatic heterocycles. The molecule has 4 aliphatic rings. The van der Waals surface area contributed by atoms with Gasteiger partial charge in [0.05, 0.1) is 0 Å². The number of rotatable bonds is 0. The fraction of sp³-hybridized carbons (Fsp3) is 0.588. The standard InChI is InChI=1S/C17H18BrNO2/c1-8-6-11(18)9-7-12-10-2-3-13(20)16-17(10,4-5-19-12)14(9)15(8)21-16/h6,10,12,16,19H,2-5,7H2,1H3/t10?,12?,16-,17-/m1/s1. The molecule has 1 saturated heterocycles. The average Bonchev–Trinajstić information content (AvgIpc) is 2.78. The molecule has 0 amide bonds. The lowest BCUT2D eigenvalue weighted by Crippen LogP contribution is -2.65. The average molecular weight is 348 g/mol. The number of ether oxygens (including phenoxy) is 1. The number of ketones is 1. The van der Waals surface area contributed by atoms with Gasteiger partial charge >= 0.3 is 0 Å². The predicted octanol–water partition coefficient (Wildman–Crippen LogP) is 2.65. The Labute approximate surface area is 132 Å². The Bertz CT molecular complexity index is 686. The van der Waals surface area contributed by atoms with Gasteiger partial charge in [-0.2, -0.15) is 0 Å². The number of carbonyl (C=O) groups is 1. The van der Waals surface area contributed by atoms with Gasteiger partial charge in [-0.15, -0.1) is 0 Å². The van der Waals surface area contributed by atoms with E-state index in [9.17, 15) is 4.79 Å².